The van der Waals surface area contributed by atoms with Crippen LogP contribution < -0.4 is 15.4 Å². The molecule has 0 saturated heterocycles. The summed E-state index contributed by atoms with van der Waals surface area (Å²) in [5.74, 6) is 0.581. The zero-order valence-electron chi connectivity index (χ0n) is 16.1. The molecule has 0 spiro atoms. The first-order chi connectivity index (χ1) is 13.3. The van der Waals surface area contributed by atoms with E-state index in [-0.39, 0.29) is 37.2 Å². The largest absolute Gasteiger partial charge is 0.489 e. The highest BCUT2D eigenvalue weighted by molar-refractivity contribution is 5.87. The van der Waals surface area contributed by atoms with Gasteiger partial charge in [0, 0.05) is 31.7 Å². The van der Waals surface area contributed by atoms with Crippen LogP contribution in [0.15, 0.2) is 60.7 Å². The van der Waals surface area contributed by atoms with Crippen molar-refractivity contribution in [3.63, 3.8) is 0 Å². The number of nitrogens with one attached hydrogen (secondary N) is 2. The Labute approximate surface area is 183 Å². The first kappa shape index (κ1) is 25.1. The van der Waals surface area contributed by atoms with Gasteiger partial charge in [-0.15, -0.1) is 24.8 Å². The van der Waals surface area contributed by atoms with Crippen LogP contribution in [0.5, 0.6) is 5.75 Å². The second-order valence-electron chi connectivity index (χ2n) is 6.33. The molecule has 0 aromatic heterocycles. The van der Waals surface area contributed by atoms with Gasteiger partial charge in [-0.25, -0.2) is 4.39 Å². The van der Waals surface area contributed by atoms with Gasteiger partial charge in [-0.1, -0.05) is 42.5 Å². The van der Waals surface area contributed by atoms with Crippen molar-refractivity contribution in [1.82, 2.24) is 10.6 Å². The van der Waals surface area contributed by atoms with Crippen LogP contribution in [0.2, 0.25) is 0 Å². The summed E-state index contributed by atoms with van der Waals surface area (Å²) in [6.07, 6.45) is 0. The minimum atomic E-state index is -0.246. The summed E-state index contributed by atoms with van der Waals surface area (Å²) in [5.41, 5.74) is 2.04. The van der Waals surface area contributed by atoms with E-state index >= 15 is 0 Å². The van der Waals surface area contributed by atoms with E-state index in [9.17, 15) is 4.39 Å². The summed E-state index contributed by atoms with van der Waals surface area (Å²) < 4.78 is 19.1. The van der Waals surface area contributed by atoms with Crippen LogP contribution in [0.3, 0.4) is 0 Å². The van der Waals surface area contributed by atoms with Gasteiger partial charge in [0.25, 0.3) is 0 Å². The summed E-state index contributed by atoms with van der Waals surface area (Å²) in [5, 5.41) is 17.7. The second kappa shape index (κ2) is 13.4. The Morgan fingerprint density at radius 2 is 1.55 bits per heavy atom. The summed E-state index contributed by atoms with van der Waals surface area (Å²) in [6, 6.07) is 18.7. The molecule has 4 nitrogen and oxygen atoms in total. The van der Waals surface area contributed by atoms with Gasteiger partial charge < -0.3 is 20.5 Å². The molecule has 0 saturated carbocycles. The summed E-state index contributed by atoms with van der Waals surface area (Å²) in [6.45, 7) is 3.40. The molecule has 7 heteroatoms. The Balaban J connectivity index is 0.00000210. The molecule has 0 aliphatic heterocycles. The summed E-state index contributed by atoms with van der Waals surface area (Å²) >= 11 is 0. The number of fused-ring (bicyclic) bond motifs is 1. The molecule has 0 amide bonds. The fourth-order valence-electron chi connectivity index (χ4n) is 2.97. The Bertz CT molecular complexity index is 863. The third-order valence-corrected chi connectivity index (χ3v) is 4.37. The average molecular weight is 441 g/mol. The fourth-order valence-corrected chi connectivity index (χ4v) is 2.97. The molecule has 3 aromatic rings. The van der Waals surface area contributed by atoms with Crippen LogP contribution >= 0.6 is 24.8 Å². The van der Waals surface area contributed by atoms with Crippen molar-refractivity contribution in [2.45, 2.75) is 13.2 Å². The van der Waals surface area contributed by atoms with E-state index in [2.05, 4.69) is 28.8 Å². The molecule has 0 bridgehead atoms. The molecule has 0 fully saturated rings. The molecule has 0 unspecified atom stereocenters. The molecule has 3 aromatic carbocycles. The van der Waals surface area contributed by atoms with Crippen molar-refractivity contribution in [3.05, 3.63) is 77.6 Å². The van der Waals surface area contributed by atoms with Crippen LogP contribution in [-0.2, 0) is 13.2 Å². The van der Waals surface area contributed by atoms with E-state index in [1.807, 2.05) is 18.2 Å². The van der Waals surface area contributed by atoms with Gasteiger partial charge in [-0.3, -0.25) is 0 Å². The highest BCUT2D eigenvalue weighted by atomic mass is 35.5. The van der Waals surface area contributed by atoms with Crippen LogP contribution in [0, 0.1) is 5.82 Å². The van der Waals surface area contributed by atoms with E-state index < -0.39 is 0 Å². The van der Waals surface area contributed by atoms with Crippen LogP contribution in [0.1, 0.15) is 11.1 Å². The molecule has 0 aliphatic rings. The van der Waals surface area contributed by atoms with Crippen molar-refractivity contribution in [1.29, 1.82) is 0 Å². The Morgan fingerprint density at radius 3 is 2.31 bits per heavy atom. The predicted octanol–water partition coefficient (Wildman–Crippen LogP) is 4.07. The van der Waals surface area contributed by atoms with Crippen LogP contribution in [0.4, 0.5) is 4.39 Å². The molecule has 29 heavy (non-hydrogen) atoms. The highest BCUT2D eigenvalue weighted by Crippen LogP contribution is 2.28. The van der Waals surface area contributed by atoms with Gasteiger partial charge in [0.15, 0.2) is 0 Å². The lowest BCUT2D eigenvalue weighted by molar-refractivity contribution is 0.292. The molecule has 0 heterocycles. The molecule has 158 valence electrons. The van der Waals surface area contributed by atoms with Gasteiger partial charge >= 0.3 is 0 Å². The molecule has 0 atom stereocenters. The smallest absolute Gasteiger partial charge is 0.124 e. The lowest BCUT2D eigenvalue weighted by Gasteiger charge is -2.15. The van der Waals surface area contributed by atoms with Gasteiger partial charge in [-0.2, -0.15) is 0 Å². The van der Waals surface area contributed by atoms with Crippen molar-refractivity contribution in [2.75, 3.05) is 26.2 Å². The maximum Gasteiger partial charge on any atom is 0.124 e. The number of aliphatic hydroxyl groups is 1. The Kier molecular flexibility index (Phi) is 11.6. The van der Waals surface area contributed by atoms with Gasteiger partial charge in [-0.05, 0) is 34.5 Å². The van der Waals surface area contributed by atoms with Crippen molar-refractivity contribution >= 4 is 35.6 Å². The SMILES string of the molecule is Cl.Cl.OCCNCCNCc1c(OCc2ccc(F)cc2)ccc2ccccc12. The number of benzene rings is 3. The lowest BCUT2D eigenvalue weighted by Crippen LogP contribution is -2.29. The average Bonchev–Trinajstić information content (AvgIpc) is 2.70. The lowest BCUT2D eigenvalue weighted by atomic mass is 10.0. The quantitative estimate of drug-likeness (QED) is 0.415. The van der Waals surface area contributed by atoms with Crippen molar-refractivity contribution < 1.29 is 14.2 Å². The van der Waals surface area contributed by atoms with Gasteiger partial charge in [0.1, 0.15) is 18.2 Å². The first-order valence-corrected chi connectivity index (χ1v) is 9.18. The van der Waals surface area contributed by atoms with Crippen LogP contribution in [-0.4, -0.2) is 31.3 Å². The van der Waals surface area contributed by atoms with Gasteiger partial charge in [0.2, 0.25) is 0 Å². The van der Waals surface area contributed by atoms with Crippen molar-refractivity contribution in [3.8, 4) is 5.75 Å². The summed E-state index contributed by atoms with van der Waals surface area (Å²) in [4.78, 5) is 0. The Morgan fingerprint density at radius 1 is 0.828 bits per heavy atom. The zero-order chi connectivity index (χ0) is 18.9. The number of hydrogen-bond acceptors (Lipinski definition) is 4. The number of hydrogen-bond donors (Lipinski definition) is 3. The third kappa shape index (κ3) is 7.46. The fraction of sp³-hybridized carbons (Fsp3) is 0.273. The first-order valence-electron chi connectivity index (χ1n) is 9.18. The second-order valence-corrected chi connectivity index (χ2v) is 6.33. The number of ether oxygens (including phenoxy) is 1. The maximum atomic E-state index is 13.1. The number of rotatable bonds is 10. The standard InChI is InChI=1S/C22H25FN2O2.2ClH/c23-19-8-5-17(6-9-19)16-27-22-10-7-18-3-1-2-4-20(18)21(22)15-25-12-11-24-13-14-26;;/h1-10,24-26H,11-16H2;2*1H. The molecule has 0 aliphatic carbocycles. The predicted molar refractivity (Wildman–Crippen MR) is 121 cm³/mol. The Hall–Kier alpha value is -1.89. The third-order valence-electron chi connectivity index (χ3n) is 4.37. The van der Waals surface area contributed by atoms with E-state index in [4.69, 9.17) is 9.84 Å². The molecular weight excluding hydrogens is 414 g/mol. The molecule has 3 rings (SSSR count). The summed E-state index contributed by atoms with van der Waals surface area (Å²) in [7, 11) is 0. The minimum absolute atomic E-state index is 0. The number of halogens is 3. The minimum Gasteiger partial charge on any atom is -0.489 e. The monoisotopic (exact) mass is 440 g/mol. The highest BCUT2D eigenvalue weighted by Gasteiger charge is 2.09. The normalized spacial score (nSPS) is 10.3. The van der Waals surface area contributed by atoms with E-state index in [0.717, 1.165) is 35.4 Å². The van der Waals surface area contributed by atoms with Crippen LogP contribution in [0.25, 0.3) is 10.8 Å². The van der Waals surface area contributed by atoms with E-state index in [1.54, 1.807) is 12.1 Å². The topological polar surface area (TPSA) is 53.5 Å². The zero-order valence-corrected chi connectivity index (χ0v) is 17.7. The van der Waals surface area contributed by atoms with Gasteiger partial charge in [0.05, 0.1) is 6.61 Å². The van der Waals surface area contributed by atoms with E-state index in [0.29, 0.717) is 19.7 Å². The molecule has 3 N–H and O–H groups in total. The number of aliphatic hydroxyl groups excluding tert-OH is 1. The van der Waals surface area contributed by atoms with E-state index in [1.165, 1.54) is 17.5 Å². The molecule has 0 radical (unpaired) electrons. The van der Waals surface area contributed by atoms with Crippen molar-refractivity contribution in [2.24, 2.45) is 0 Å². The molecular formula is C22H27Cl2FN2O2. The maximum absolute atomic E-state index is 13.1.